The molecule has 3 nitrogen and oxygen atoms in total. The van der Waals surface area contributed by atoms with Crippen LogP contribution in [0.4, 0.5) is 10.1 Å². The normalized spacial score (nSPS) is 10.1. The summed E-state index contributed by atoms with van der Waals surface area (Å²) in [6.45, 7) is 2.49. The Morgan fingerprint density at radius 2 is 2.19 bits per heavy atom. The second-order valence-corrected chi connectivity index (χ2v) is 3.51. The molecule has 0 aliphatic rings. The second-order valence-electron chi connectivity index (χ2n) is 3.51. The van der Waals surface area contributed by atoms with Crippen LogP contribution < -0.4 is 5.32 Å². The molecule has 0 radical (unpaired) electrons. The fraction of sp³-hybridized carbons (Fsp3) is 0.167. The van der Waals surface area contributed by atoms with Crippen LogP contribution in [0.1, 0.15) is 11.3 Å². The zero-order valence-corrected chi connectivity index (χ0v) is 8.94. The lowest BCUT2D eigenvalue weighted by Gasteiger charge is -2.08. The molecule has 2 rings (SSSR count). The maximum Gasteiger partial charge on any atom is 0.125 e. The van der Waals surface area contributed by atoms with Gasteiger partial charge in [0.25, 0.3) is 0 Å². The highest BCUT2D eigenvalue weighted by Gasteiger charge is 2.00. The Kier molecular flexibility index (Phi) is 3.10. The largest absolute Gasteiger partial charge is 0.379 e. The van der Waals surface area contributed by atoms with Crippen LogP contribution in [0.2, 0.25) is 0 Å². The van der Waals surface area contributed by atoms with Crippen LogP contribution in [0.15, 0.2) is 36.8 Å². The van der Waals surface area contributed by atoms with E-state index in [4.69, 9.17) is 0 Å². The minimum Gasteiger partial charge on any atom is -0.379 e. The van der Waals surface area contributed by atoms with Crippen LogP contribution in [0.3, 0.4) is 0 Å². The number of benzene rings is 1. The Morgan fingerprint density at radius 1 is 1.31 bits per heavy atom. The first-order chi connectivity index (χ1) is 7.75. The maximum atomic E-state index is 13.0. The van der Waals surface area contributed by atoms with Crippen molar-refractivity contribution in [3.8, 4) is 0 Å². The average molecular weight is 217 g/mol. The zero-order valence-electron chi connectivity index (χ0n) is 8.94. The van der Waals surface area contributed by atoms with E-state index < -0.39 is 0 Å². The number of aryl methyl sites for hydroxylation is 1. The number of nitrogens with zero attached hydrogens (tertiary/aromatic N) is 2. The van der Waals surface area contributed by atoms with Crippen molar-refractivity contribution in [1.82, 2.24) is 9.97 Å². The second kappa shape index (κ2) is 4.70. The van der Waals surface area contributed by atoms with E-state index in [1.807, 2.05) is 13.0 Å². The number of nitrogens with one attached hydrogen (secondary N) is 1. The molecule has 0 aliphatic carbocycles. The Labute approximate surface area is 93.4 Å². The van der Waals surface area contributed by atoms with Gasteiger partial charge in [-0.3, -0.25) is 0 Å². The standard InChI is InChI=1S/C12H12FN3/c1-9-2-3-10(13)6-12(9)15-7-11-4-5-14-8-16-11/h2-6,8,15H,7H2,1H3. The fourth-order valence-corrected chi connectivity index (χ4v) is 1.39. The molecule has 0 unspecified atom stereocenters. The van der Waals surface area contributed by atoms with E-state index in [1.54, 1.807) is 12.3 Å². The van der Waals surface area contributed by atoms with Gasteiger partial charge in [0, 0.05) is 11.9 Å². The van der Waals surface area contributed by atoms with Crippen LogP contribution in [-0.2, 0) is 6.54 Å². The Hall–Kier alpha value is -1.97. The van der Waals surface area contributed by atoms with E-state index in [0.29, 0.717) is 6.54 Å². The Morgan fingerprint density at radius 3 is 2.94 bits per heavy atom. The van der Waals surface area contributed by atoms with Crippen molar-refractivity contribution >= 4 is 5.69 Å². The predicted molar refractivity (Wildman–Crippen MR) is 60.5 cm³/mol. The molecule has 0 bridgehead atoms. The zero-order chi connectivity index (χ0) is 11.4. The first-order valence-electron chi connectivity index (χ1n) is 5.00. The van der Waals surface area contributed by atoms with Crippen LogP contribution in [0.25, 0.3) is 0 Å². The molecule has 0 amide bonds. The molecule has 1 aromatic heterocycles. The van der Waals surface area contributed by atoms with Crippen molar-refractivity contribution in [3.63, 3.8) is 0 Å². The smallest absolute Gasteiger partial charge is 0.125 e. The minimum atomic E-state index is -0.240. The summed E-state index contributed by atoms with van der Waals surface area (Å²) >= 11 is 0. The van der Waals surface area contributed by atoms with E-state index in [-0.39, 0.29) is 5.82 Å². The lowest BCUT2D eigenvalue weighted by molar-refractivity contribution is 0.628. The number of halogens is 1. The van der Waals surface area contributed by atoms with Crippen LogP contribution in [0.5, 0.6) is 0 Å². The lowest BCUT2D eigenvalue weighted by atomic mass is 10.2. The monoisotopic (exact) mass is 217 g/mol. The summed E-state index contributed by atoms with van der Waals surface area (Å²) < 4.78 is 13.0. The van der Waals surface area contributed by atoms with Gasteiger partial charge in [-0.2, -0.15) is 0 Å². The minimum absolute atomic E-state index is 0.240. The van der Waals surface area contributed by atoms with Crippen LogP contribution >= 0.6 is 0 Å². The first kappa shape index (κ1) is 10.5. The van der Waals surface area contributed by atoms with Crippen LogP contribution in [0, 0.1) is 12.7 Å². The third kappa shape index (κ3) is 2.53. The van der Waals surface area contributed by atoms with Gasteiger partial charge in [0.1, 0.15) is 12.1 Å². The van der Waals surface area contributed by atoms with E-state index >= 15 is 0 Å². The van der Waals surface area contributed by atoms with Gasteiger partial charge >= 0.3 is 0 Å². The topological polar surface area (TPSA) is 37.8 Å². The highest BCUT2D eigenvalue weighted by molar-refractivity contribution is 5.50. The van der Waals surface area contributed by atoms with Gasteiger partial charge < -0.3 is 5.32 Å². The van der Waals surface area contributed by atoms with Crippen molar-refractivity contribution in [2.75, 3.05) is 5.32 Å². The van der Waals surface area contributed by atoms with Crippen molar-refractivity contribution in [1.29, 1.82) is 0 Å². The number of anilines is 1. The summed E-state index contributed by atoms with van der Waals surface area (Å²) in [4.78, 5) is 7.91. The molecular formula is C12H12FN3. The summed E-state index contributed by atoms with van der Waals surface area (Å²) in [6, 6.07) is 6.50. The SMILES string of the molecule is Cc1ccc(F)cc1NCc1ccncn1. The van der Waals surface area contributed by atoms with Crippen molar-refractivity contribution < 1.29 is 4.39 Å². The number of hydrogen-bond donors (Lipinski definition) is 1. The van der Waals surface area contributed by atoms with Gasteiger partial charge in [0.15, 0.2) is 0 Å². The molecule has 0 spiro atoms. The van der Waals surface area contributed by atoms with E-state index in [9.17, 15) is 4.39 Å². The summed E-state index contributed by atoms with van der Waals surface area (Å²) in [5.74, 6) is -0.240. The van der Waals surface area contributed by atoms with Gasteiger partial charge in [-0.1, -0.05) is 6.07 Å². The van der Waals surface area contributed by atoms with E-state index in [1.165, 1.54) is 18.5 Å². The Balaban J connectivity index is 2.08. The molecule has 4 heteroatoms. The molecule has 0 saturated carbocycles. The summed E-state index contributed by atoms with van der Waals surface area (Å²) in [5, 5.41) is 3.14. The molecule has 1 aromatic carbocycles. The molecule has 1 heterocycles. The molecule has 0 aliphatic heterocycles. The van der Waals surface area contributed by atoms with Crippen molar-refractivity contribution in [2.45, 2.75) is 13.5 Å². The van der Waals surface area contributed by atoms with Crippen LogP contribution in [-0.4, -0.2) is 9.97 Å². The molecule has 0 saturated heterocycles. The number of hydrogen-bond acceptors (Lipinski definition) is 3. The van der Waals surface area contributed by atoms with Gasteiger partial charge in [-0.15, -0.1) is 0 Å². The predicted octanol–water partition coefficient (Wildman–Crippen LogP) is 2.54. The molecule has 0 fully saturated rings. The third-order valence-electron chi connectivity index (χ3n) is 2.30. The highest BCUT2D eigenvalue weighted by Crippen LogP contribution is 2.16. The lowest BCUT2D eigenvalue weighted by Crippen LogP contribution is -2.03. The summed E-state index contributed by atoms with van der Waals surface area (Å²) in [5.41, 5.74) is 2.67. The fourth-order valence-electron chi connectivity index (χ4n) is 1.39. The summed E-state index contributed by atoms with van der Waals surface area (Å²) in [6.07, 6.45) is 3.18. The molecule has 1 N–H and O–H groups in total. The number of rotatable bonds is 3. The molecule has 2 aromatic rings. The maximum absolute atomic E-state index is 13.0. The summed E-state index contributed by atoms with van der Waals surface area (Å²) in [7, 11) is 0. The van der Waals surface area contributed by atoms with Crippen molar-refractivity contribution in [2.24, 2.45) is 0 Å². The molecule has 0 atom stereocenters. The van der Waals surface area contributed by atoms with Gasteiger partial charge in [0.05, 0.1) is 12.2 Å². The Bertz CT molecular complexity index is 471. The van der Waals surface area contributed by atoms with E-state index in [0.717, 1.165) is 16.9 Å². The third-order valence-corrected chi connectivity index (χ3v) is 2.30. The van der Waals surface area contributed by atoms with Gasteiger partial charge in [-0.25, -0.2) is 14.4 Å². The average Bonchev–Trinajstić information content (AvgIpc) is 2.32. The highest BCUT2D eigenvalue weighted by atomic mass is 19.1. The van der Waals surface area contributed by atoms with E-state index in [2.05, 4.69) is 15.3 Å². The first-order valence-corrected chi connectivity index (χ1v) is 5.00. The van der Waals surface area contributed by atoms with Crippen molar-refractivity contribution in [3.05, 3.63) is 53.9 Å². The molecule has 82 valence electrons. The quantitative estimate of drug-likeness (QED) is 0.858. The molecular weight excluding hydrogens is 205 g/mol. The van der Waals surface area contributed by atoms with Gasteiger partial charge in [-0.05, 0) is 30.7 Å². The van der Waals surface area contributed by atoms with Gasteiger partial charge in [0.2, 0.25) is 0 Å². The molecule has 16 heavy (non-hydrogen) atoms. The number of aromatic nitrogens is 2.